The topological polar surface area (TPSA) is 17.8 Å². The standard InChI is InChI=1S/C21H17ClN2/c1-15-10-12-16(13-11-15)21-23-19-8-4-5-9-20(19)24(21)14-17-6-2-3-7-18(17)22/h2-13H,14H2,1H3. The van der Waals surface area contributed by atoms with Gasteiger partial charge in [-0.1, -0.05) is 71.8 Å². The van der Waals surface area contributed by atoms with Crippen molar-refractivity contribution in [2.75, 3.05) is 0 Å². The molecular weight excluding hydrogens is 316 g/mol. The monoisotopic (exact) mass is 332 g/mol. The minimum absolute atomic E-state index is 0.698. The fraction of sp³-hybridized carbons (Fsp3) is 0.0952. The van der Waals surface area contributed by atoms with Gasteiger partial charge in [-0.2, -0.15) is 0 Å². The highest BCUT2D eigenvalue weighted by Crippen LogP contribution is 2.27. The molecule has 0 saturated heterocycles. The molecule has 3 aromatic carbocycles. The van der Waals surface area contributed by atoms with Crippen molar-refractivity contribution in [3.05, 3.63) is 88.9 Å². The number of halogens is 1. The third-order valence-corrected chi connectivity index (χ3v) is 4.62. The maximum absolute atomic E-state index is 6.38. The SMILES string of the molecule is Cc1ccc(-c2nc3ccccc3n2Cc2ccccc2Cl)cc1. The summed E-state index contributed by atoms with van der Waals surface area (Å²) in [6.07, 6.45) is 0. The lowest BCUT2D eigenvalue weighted by molar-refractivity contribution is 0.834. The van der Waals surface area contributed by atoms with Crippen LogP contribution in [0.15, 0.2) is 72.8 Å². The number of para-hydroxylation sites is 2. The maximum atomic E-state index is 6.38. The molecule has 0 N–H and O–H groups in total. The number of hydrogen-bond acceptors (Lipinski definition) is 1. The van der Waals surface area contributed by atoms with Crippen LogP contribution in [0.1, 0.15) is 11.1 Å². The van der Waals surface area contributed by atoms with E-state index in [0.717, 1.165) is 33.0 Å². The molecule has 0 aliphatic rings. The second-order valence-electron chi connectivity index (χ2n) is 5.97. The molecule has 2 nitrogen and oxygen atoms in total. The predicted molar refractivity (Wildman–Crippen MR) is 100 cm³/mol. The summed E-state index contributed by atoms with van der Waals surface area (Å²) in [5.41, 5.74) is 5.57. The van der Waals surface area contributed by atoms with Crippen LogP contribution in [-0.2, 0) is 6.54 Å². The summed E-state index contributed by atoms with van der Waals surface area (Å²) >= 11 is 6.38. The summed E-state index contributed by atoms with van der Waals surface area (Å²) < 4.78 is 2.24. The van der Waals surface area contributed by atoms with Crippen molar-refractivity contribution in [3.63, 3.8) is 0 Å². The zero-order chi connectivity index (χ0) is 16.5. The summed E-state index contributed by atoms with van der Waals surface area (Å²) in [5, 5.41) is 0.783. The maximum Gasteiger partial charge on any atom is 0.141 e. The van der Waals surface area contributed by atoms with E-state index >= 15 is 0 Å². The highest BCUT2D eigenvalue weighted by Gasteiger charge is 2.13. The summed E-state index contributed by atoms with van der Waals surface area (Å²) in [6.45, 7) is 2.79. The van der Waals surface area contributed by atoms with Gasteiger partial charge in [0.2, 0.25) is 0 Å². The normalized spacial score (nSPS) is 11.1. The molecule has 4 aromatic rings. The average molecular weight is 333 g/mol. The molecule has 3 heteroatoms. The van der Waals surface area contributed by atoms with E-state index in [0.29, 0.717) is 6.54 Å². The number of aryl methyl sites for hydroxylation is 1. The first kappa shape index (κ1) is 15.0. The van der Waals surface area contributed by atoms with Crippen molar-refractivity contribution in [1.29, 1.82) is 0 Å². The Kier molecular flexibility index (Phi) is 3.83. The molecule has 1 aromatic heterocycles. The van der Waals surface area contributed by atoms with Crippen LogP contribution in [0, 0.1) is 6.92 Å². The van der Waals surface area contributed by atoms with Gasteiger partial charge in [0.1, 0.15) is 5.82 Å². The Morgan fingerprint density at radius 1 is 0.875 bits per heavy atom. The lowest BCUT2D eigenvalue weighted by Gasteiger charge is -2.11. The van der Waals surface area contributed by atoms with E-state index in [9.17, 15) is 0 Å². The van der Waals surface area contributed by atoms with E-state index < -0.39 is 0 Å². The molecule has 118 valence electrons. The van der Waals surface area contributed by atoms with Crippen LogP contribution in [0.2, 0.25) is 5.02 Å². The predicted octanol–water partition coefficient (Wildman–Crippen LogP) is 5.71. The van der Waals surface area contributed by atoms with Gasteiger partial charge in [0.05, 0.1) is 17.6 Å². The first-order valence-electron chi connectivity index (χ1n) is 7.98. The number of fused-ring (bicyclic) bond motifs is 1. The summed E-state index contributed by atoms with van der Waals surface area (Å²) in [4.78, 5) is 4.86. The number of aromatic nitrogens is 2. The molecule has 0 fully saturated rings. The van der Waals surface area contributed by atoms with E-state index in [1.54, 1.807) is 0 Å². The van der Waals surface area contributed by atoms with Crippen LogP contribution in [-0.4, -0.2) is 9.55 Å². The number of nitrogens with zero attached hydrogens (tertiary/aromatic N) is 2. The molecule has 0 amide bonds. The first-order valence-corrected chi connectivity index (χ1v) is 8.36. The third kappa shape index (κ3) is 2.70. The van der Waals surface area contributed by atoms with Crippen molar-refractivity contribution in [3.8, 4) is 11.4 Å². The fourth-order valence-corrected chi connectivity index (χ4v) is 3.15. The van der Waals surface area contributed by atoms with Gasteiger partial charge in [-0.15, -0.1) is 0 Å². The Morgan fingerprint density at radius 3 is 2.38 bits per heavy atom. The lowest BCUT2D eigenvalue weighted by atomic mass is 10.1. The molecule has 0 spiro atoms. The van der Waals surface area contributed by atoms with E-state index in [1.807, 2.05) is 30.3 Å². The fourth-order valence-electron chi connectivity index (χ4n) is 2.96. The molecule has 0 radical (unpaired) electrons. The average Bonchev–Trinajstić information content (AvgIpc) is 2.96. The second-order valence-corrected chi connectivity index (χ2v) is 6.37. The van der Waals surface area contributed by atoms with Crippen molar-refractivity contribution in [2.45, 2.75) is 13.5 Å². The largest absolute Gasteiger partial charge is 0.319 e. The molecule has 0 saturated carbocycles. The van der Waals surface area contributed by atoms with Crippen LogP contribution in [0.5, 0.6) is 0 Å². The summed E-state index contributed by atoms with van der Waals surface area (Å²) in [6, 6.07) is 24.7. The third-order valence-electron chi connectivity index (χ3n) is 4.25. The zero-order valence-corrected chi connectivity index (χ0v) is 14.2. The molecule has 1 heterocycles. The smallest absolute Gasteiger partial charge is 0.141 e. The molecule has 0 bridgehead atoms. The van der Waals surface area contributed by atoms with Gasteiger partial charge in [0.15, 0.2) is 0 Å². The van der Waals surface area contributed by atoms with Crippen LogP contribution in [0.3, 0.4) is 0 Å². The van der Waals surface area contributed by atoms with Crippen molar-refractivity contribution >= 4 is 22.6 Å². The van der Waals surface area contributed by atoms with Crippen molar-refractivity contribution < 1.29 is 0 Å². The van der Waals surface area contributed by atoms with Crippen molar-refractivity contribution in [1.82, 2.24) is 9.55 Å². The van der Waals surface area contributed by atoms with Gasteiger partial charge in [0, 0.05) is 10.6 Å². The van der Waals surface area contributed by atoms with Gasteiger partial charge in [-0.25, -0.2) is 4.98 Å². The first-order chi connectivity index (χ1) is 11.7. The molecule has 0 unspecified atom stereocenters. The highest BCUT2D eigenvalue weighted by molar-refractivity contribution is 6.31. The van der Waals surface area contributed by atoms with E-state index in [1.165, 1.54) is 5.56 Å². The molecule has 24 heavy (non-hydrogen) atoms. The van der Waals surface area contributed by atoms with Crippen LogP contribution < -0.4 is 0 Å². The minimum atomic E-state index is 0.698. The van der Waals surface area contributed by atoms with Crippen LogP contribution in [0.25, 0.3) is 22.4 Å². The molecule has 4 rings (SSSR count). The molecule has 0 aliphatic heterocycles. The Morgan fingerprint density at radius 2 is 1.58 bits per heavy atom. The number of hydrogen-bond donors (Lipinski definition) is 0. The Hall–Kier alpha value is -2.58. The number of imidazole rings is 1. The lowest BCUT2D eigenvalue weighted by Crippen LogP contribution is -2.02. The summed E-state index contributed by atoms with van der Waals surface area (Å²) in [7, 11) is 0. The molecular formula is C21H17ClN2. The summed E-state index contributed by atoms with van der Waals surface area (Å²) in [5.74, 6) is 0.969. The van der Waals surface area contributed by atoms with Gasteiger partial charge in [-0.05, 0) is 30.7 Å². The van der Waals surface area contributed by atoms with Gasteiger partial charge < -0.3 is 4.57 Å². The second kappa shape index (κ2) is 6.14. The van der Waals surface area contributed by atoms with Crippen molar-refractivity contribution in [2.24, 2.45) is 0 Å². The number of rotatable bonds is 3. The molecule has 0 aliphatic carbocycles. The Bertz CT molecular complexity index is 1000. The van der Waals surface area contributed by atoms with Crippen LogP contribution >= 0.6 is 11.6 Å². The number of benzene rings is 3. The van der Waals surface area contributed by atoms with E-state index in [2.05, 4.69) is 54.0 Å². The van der Waals surface area contributed by atoms with Gasteiger partial charge in [-0.3, -0.25) is 0 Å². The van der Waals surface area contributed by atoms with Gasteiger partial charge >= 0.3 is 0 Å². The molecule has 0 atom stereocenters. The zero-order valence-electron chi connectivity index (χ0n) is 13.4. The minimum Gasteiger partial charge on any atom is -0.319 e. The van der Waals surface area contributed by atoms with Crippen LogP contribution in [0.4, 0.5) is 0 Å². The Labute approximate surface area is 146 Å². The van der Waals surface area contributed by atoms with Gasteiger partial charge in [0.25, 0.3) is 0 Å². The van der Waals surface area contributed by atoms with E-state index in [4.69, 9.17) is 16.6 Å². The Balaban J connectivity index is 1.90. The van der Waals surface area contributed by atoms with E-state index in [-0.39, 0.29) is 0 Å². The quantitative estimate of drug-likeness (QED) is 0.469. The highest BCUT2D eigenvalue weighted by atomic mass is 35.5.